The third-order valence-corrected chi connectivity index (χ3v) is 2.48. The van der Waals surface area contributed by atoms with Crippen molar-refractivity contribution in [2.75, 3.05) is 27.7 Å². The lowest BCUT2D eigenvalue weighted by molar-refractivity contribution is -0.896. The quantitative estimate of drug-likeness (QED) is 0.582. The topological polar surface area (TPSA) is 50.1 Å². The number of quaternary nitrogens is 1. The van der Waals surface area contributed by atoms with Crippen LogP contribution in [0, 0.1) is 11.3 Å². The molecule has 0 aliphatic carbocycles. The summed E-state index contributed by atoms with van der Waals surface area (Å²) >= 11 is 0. The first-order chi connectivity index (χ1) is 7.96. The maximum atomic E-state index is 11.2. The highest BCUT2D eigenvalue weighted by atomic mass is 16.5. The van der Waals surface area contributed by atoms with Crippen LogP contribution in [0.1, 0.15) is 11.1 Å². The Morgan fingerprint density at radius 2 is 1.94 bits per heavy atom. The molecule has 1 rings (SSSR count). The summed E-state index contributed by atoms with van der Waals surface area (Å²) in [6.45, 7) is 1.05. The largest absolute Gasteiger partial charge is 0.465 e. The monoisotopic (exact) mass is 233 g/mol. The van der Waals surface area contributed by atoms with Gasteiger partial charge in [0.2, 0.25) is 0 Å². The summed E-state index contributed by atoms with van der Waals surface area (Å²) in [5.74, 6) is -0.219. The van der Waals surface area contributed by atoms with Gasteiger partial charge in [0.1, 0.15) is 6.54 Å². The molecule has 0 spiro atoms. The van der Waals surface area contributed by atoms with Gasteiger partial charge in [0.15, 0.2) is 6.54 Å². The average molecular weight is 233 g/mol. The zero-order chi connectivity index (χ0) is 12.9. The number of esters is 1. The summed E-state index contributed by atoms with van der Waals surface area (Å²) in [6.07, 6.45) is 0. The minimum atomic E-state index is -0.219. The van der Waals surface area contributed by atoms with Gasteiger partial charge in [-0.3, -0.25) is 0 Å². The van der Waals surface area contributed by atoms with Crippen molar-refractivity contribution in [3.63, 3.8) is 0 Å². The van der Waals surface area contributed by atoms with Gasteiger partial charge < -0.3 is 9.22 Å². The number of likely N-dealkylation sites (N-methyl/N-ethyl adjacent to an activating group) is 1. The lowest BCUT2D eigenvalue weighted by Crippen LogP contribution is -2.43. The van der Waals surface area contributed by atoms with Crippen LogP contribution in [0.15, 0.2) is 24.3 Å². The molecule has 0 radical (unpaired) electrons. The molecule has 90 valence electrons. The fourth-order valence-electron chi connectivity index (χ4n) is 1.65. The van der Waals surface area contributed by atoms with Gasteiger partial charge in [-0.25, -0.2) is 4.79 Å². The zero-order valence-corrected chi connectivity index (χ0v) is 10.4. The van der Waals surface area contributed by atoms with E-state index in [-0.39, 0.29) is 5.97 Å². The highest BCUT2D eigenvalue weighted by Crippen LogP contribution is 2.10. The summed E-state index contributed by atoms with van der Waals surface area (Å²) in [4.78, 5) is 11.2. The number of methoxy groups -OCH3 is 1. The first-order valence-electron chi connectivity index (χ1n) is 5.35. The molecule has 0 saturated heterocycles. The number of nitrogens with zero attached hydrogens (tertiary/aromatic N) is 2. The fourth-order valence-corrected chi connectivity index (χ4v) is 1.65. The SMILES string of the molecule is COC(=O)C[N+](C)(C)Cc1ccc(C#N)cc1. The van der Waals surface area contributed by atoms with Crippen molar-refractivity contribution in [3.05, 3.63) is 35.4 Å². The number of hydrogen-bond acceptors (Lipinski definition) is 3. The highest BCUT2D eigenvalue weighted by molar-refractivity contribution is 5.70. The van der Waals surface area contributed by atoms with E-state index in [0.717, 1.165) is 12.1 Å². The Balaban J connectivity index is 2.69. The van der Waals surface area contributed by atoms with Crippen LogP contribution in [0.4, 0.5) is 0 Å². The van der Waals surface area contributed by atoms with Crippen LogP contribution in [-0.4, -0.2) is 38.2 Å². The number of carbonyl (C=O) groups is 1. The normalized spacial score (nSPS) is 10.7. The molecule has 0 heterocycles. The first-order valence-corrected chi connectivity index (χ1v) is 5.35. The standard InChI is InChI=1S/C13H17N2O2/c1-15(2,10-13(16)17-3)9-12-6-4-11(8-14)5-7-12/h4-7H,9-10H2,1-3H3/q+1. The Bertz CT molecular complexity index is 430. The minimum Gasteiger partial charge on any atom is -0.465 e. The predicted octanol–water partition coefficient (Wildman–Crippen LogP) is 1.31. The van der Waals surface area contributed by atoms with E-state index < -0.39 is 0 Å². The predicted molar refractivity (Wildman–Crippen MR) is 63.9 cm³/mol. The Hall–Kier alpha value is -1.86. The lowest BCUT2D eigenvalue weighted by atomic mass is 10.1. The first kappa shape index (κ1) is 13.2. The number of hydrogen-bond donors (Lipinski definition) is 0. The van der Waals surface area contributed by atoms with Gasteiger partial charge in [0, 0.05) is 5.56 Å². The maximum absolute atomic E-state index is 11.2. The van der Waals surface area contributed by atoms with E-state index in [1.165, 1.54) is 7.11 Å². The van der Waals surface area contributed by atoms with E-state index in [0.29, 0.717) is 16.6 Å². The number of benzene rings is 1. The Labute approximate surface area is 102 Å². The van der Waals surface area contributed by atoms with E-state index in [4.69, 9.17) is 5.26 Å². The zero-order valence-electron chi connectivity index (χ0n) is 10.4. The van der Waals surface area contributed by atoms with E-state index in [1.54, 1.807) is 12.1 Å². The summed E-state index contributed by atoms with van der Waals surface area (Å²) in [5, 5.41) is 8.70. The van der Waals surface area contributed by atoms with E-state index >= 15 is 0 Å². The van der Waals surface area contributed by atoms with Crippen LogP contribution in [0.25, 0.3) is 0 Å². The average Bonchev–Trinajstić information content (AvgIpc) is 2.28. The van der Waals surface area contributed by atoms with Crippen LogP contribution in [0.2, 0.25) is 0 Å². The summed E-state index contributed by atoms with van der Waals surface area (Å²) in [5.41, 5.74) is 1.74. The number of nitriles is 1. The van der Waals surface area contributed by atoms with Crippen molar-refractivity contribution in [2.45, 2.75) is 6.54 Å². The molecule has 0 bridgehead atoms. The van der Waals surface area contributed by atoms with Crippen molar-refractivity contribution in [2.24, 2.45) is 0 Å². The number of carbonyl (C=O) groups excluding carboxylic acids is 1. The molecule has 0 aromatic heterocycles. The van der Waals surface area contributed by atoms with Crippen molar-refractivity contribution in [3.8, 4) is 6.07 Å². The summed E-state index contributed by atoms with van der Waals surface area (Å²) < 4.78 is 5.19. The van der Waals surface area contributed by atoms with E-state index in [2.05, 4.69) is 10.8 Å². The molecule has 0 fully saturated rings. The van der Waals surface area contributed by atoms with Crippen molar-refractivity contribution in [1.82, 2.24) is 0 Å². The van der Waals surface area contributed by atoms with Gasteiger partial charge in [-0.2, -0.15) is 5.26 Å². The Morgan fingerprint density at radius 3 is 2.41 bits per heavy atom. The van der Waals surface area contributed by atoms with Gasteiger partial charge in [-0.05, 0) is 12.1 Å². The molecule has 17 heavy (non-hydrogen) atoms. The summed E-state index contributed by atoms with van der Waals surface area (Å²) in [6, 6.07) is 9.47. The second kappa shape index (κ2) is 5.46. The second-order valence-electron chi connectivity index (χ2n) is 4.64. The van der Waals surface area contributed by atoms with Gasteiger partial charge in [-0.15, -0.1) is 0 Å². The molecule has 4 heteroatoms. The van der Waals surface area contributed by atoms with Crippen LogP contribution in [0.5, 0.6) is 0 Å². The third kappa shape index (κ3) is 4.25. The molecule has 1 aromatic carbocycles. The van der Waals surface area contributed by atoms with Gasteiger partial charge in [-0.1, -0.05) is 12.1 Å². The molecule has 0 atom stereocenters. The maximum Gasteiger partial charge on any atom is 0.361 e. The Kier molecular flexibility index (Phi) is 4.24. The fraction of sp³-hybridized carbons (Fsp3) is 0.385. The van der Waals surface area contributed by atoms with Crippen LogP contribution < -0.4 is 0 Å². The van der Waals surface area contributed by atoms with Crippen molar-refractivity contribution < 1.29 is 14.0 Å². The van der Waals surface area contributed by atoms with Gasteiger partial charge in [0.25, 0.3) is 0 Å². The highest BCUT2D eigenvalue weighted by Gasteiger charge is 2.20. The van der Waals surface area contributed by atoms with Crippen LogP contribution in [-0.2, 0) is 16.1 Å². The molecule has 0 N–H and O–H groups in total. The molecular weight excluding hydrogens is 216 g/mol. The number of ether oxygens (including phenoxy) is 1. The van der Waals surface area contributed by atoms with Crippen LogP contribution in [0.3, 0.4) is 0 Å². The molecule has 0 amide bonds. The van der Waals surface area contributed by atoms with E-state index in [1.807, 2.05) is 26.2 Å². The van der Waals surface area contributed by atoms with E-state index in [9.17, 15) is 4.79 Å². The molecular formula is C13H17N2O2+. The molecule has 4 nitrogen and oxygen atoms in total. The minimum absolute atomic E-state index is 0.219. The molecule has 0 saturated carbocycles. The van der Waals surface area contributed by atoms with Gasteiger partial charge >= 0.3 is 5.97 Å². The summed E-state index contributed by atoms with van der Waals surface area (Å²) in [7, 11) is 5.33. The molecule has 0 aliphatic heterocycles. The smallest absolute Gasteiger partial charge is 0.361 e. The van der Waals surface area contributed by atoms with Crippen LogP contribution >= 0.6 is 0 Å². The second-order valence-corrected chi connectivity index (χ2v) is 4.64. The molecule has 0 unspecified atom stereocenters. The number of rotatable bonds is 4. The third-order valence-electron chi connectivity index (χ3n) is 2.48. The lowest BCUT2D eigenvalue weighted by Gasteiger charge is -2.28. The van der Waals surface area contributed by atoms with Crippen molar-refractivity contribution in [1.29, 1.82) is 5.26 Å². The van der Waals surface area contributed by atoms with Gasteiger partial charge in [0.05, 0.1) is 32.8 Å². The van der Waals surface area contributed by atoms with Crippen molar-refractivity contribution >= 4 is 5.97 Å². The molecule has 0 aliphatic rings. The molecule has 1 aromatic rings. The Morgan fingerprint density at radius 1 is 1.35 bits per heavy atom.